The highest BCUT2D eigenvalue weighted by Crippen LogP contribution is 2.21. The van der Waals surface area contributed by atoms with Gasteiger partial charge in [-0.05, 0) is 12.1 Å². The van der Waals surface area contributed by atoms with Crippen molar-refractivity contribution in [1.29, 1.82) is 0 Å². The van der Waals surface area contributed by atoms with Gasteiger partial charge >= 0.3 is 0 Å². The Labute approximate surface area is 128 Å². The first-order valence-corrected chi connectivity index (χ1v) is 8.16. The predicted molar refractivity (Wildman–Crippen MR) is 82.0 cm³/mol. The van der Waals surface area contributed by atoms with Crippen LogP contribution in [-0.4, -0.2) is 30.3 Å². The summed E-state index contributed by atoms with van der Waals surface area (Å²) in [7, 11) is 0. The monoisotopic (exact) mass is 349 g/mol. The molecule has 0 atom stereocenters. The summed E-state index contributed by atoms with van der Waals surface area (Å²) >= 11 is 4.99. The van der Waals surface area contributed by atoms with Crippen LogP contribution in [0.25, 0.3) is 10.7 Å². The van der Waals surface area contributed by atoms with Gasteiger partial charge in [-0.3, -0.25) is 4.98 Å². The third kappa shape index (κ3) is 3.10. The van der Waals surface area contributed by atoms with Crippen molar-refractivity contribution in [3.05, 3.63) is 47.4 Å². The van der Waals surface area contributed by atoms with Crippen LogP contribution in [0.1, 0.15) is 11.4 Å². The number of alkyl halides is 1. The van der Waals surface area contributed by atoms with Crippen LogP contribution in [0.4, 0.5) is 0 Å². The number of hydrogen-bond donors (Lipinski definition) is 0. The average Bonchev–Trinajstić information content (AvgIpc) is 3.11. The zero-order chi connectivity index (χ0) is 13.8. The first-order chi connectivity index (χ1) is 9.85. The molecule has 0 N–H and O–H groups in total. The van der Waals surface area contributed by atoms with Crippen LogP contribution in [-0.2, 0) is 13.0 Å². The SMILES string of the molecule is BrCCc1cn(Cc2csc(-c3ccccn3)n2)nn1. The molecule has 3 rings (SSSR count). The first kappa shape index (κ1) is 13.4. The summed E-state index contributed by atoms with van der Waals surface area (Å²) in [6, 6.07) is 5.83. The van der Waals surface area contributed by atoms with E-state index in [1.54, 1.807) is 17.5 Å². The van der Waals surface area contributed by atoms with Crippen molar-refractivity contribution in [3.8, 4) is 10.7 Å². The molecular formula is C13H12BrN5S. The van der Waals surface area contributed by atoms with Gasteiger partial charge in [0.05, 0.1) is 23.6 Å². The van der Waals surface area contributed by atoms with Crippen molar-refractivity contribution < 1.29 is 0 Å². The molecule has 0 saturated heterocycles. The molecule has 0 saturated carbocycles. The molecule has 7 heteroatoms. The summed E-state index contributed by atoms with van der Waals surface area (Å²) in [5, 5.41) is 12.1. The zero-order valence-electron chi connectivity index (χ0n) is 10.6. The quantitative estimate of drug-likeness (QED) is 0.664. The maximum absolute atomic E-state index is 4.59. The van der Waals surface area contributed by atoms with E-state index in [1.807, 2.05) is 34.5 Å². The lowest BCUT2D eigenvalue weighted by molar-refractivity contribution is 0.641. The molecule has 0 radical (unpaired) electrons. The number of thiazole rings is 1. The minimum atomic E-state index is 0.638. The Hall–Kier alpha value is -1.60. The molecule has 0 spiro atoms. The highest BCUT2D eigenvalue weighted by Gasteiger charge is 2.07. The van der Waals surface area contributed by atoms with E-state index >= 15 is 0 Å². The molecule has 20 heavy (non-hydrogen) atoms. The molecule has 0 fully saturated rings. The largest absolute Gasteiger partial charge is 0.254 e. The smallest absolute Gasteiger partial charge is 0.142 e. The number of halogens is 1. The summed E-state index contributed by atoms with van der Waals surface area (Å²) in [6.45, 7) is 0.638. The van der Waals surface area contributed by atoms with Gasteiger partial charge in [0, 0.05) is 29.5 Å². The molecular weight excluding hydrogens is 338 g/mol. The number of rotatable bonds is 5. The van der Waals surface area contributed by atoms with E-state index in [4.69, 9.17) is 0 Å². The first-order valence-electron chi connectivity index (χ1n) is 6.16. The number of nitrogens with zero attached hydrogens (tertiary/aromatic N) is 5. The standard InChI is InChI=1S/C13H12BrN5S/c14-5-4-10-7-19(18-17-10)8-11-9-20-13(16-11)12-3-1-2-6-15-12/h1-3,6-7,9H,4-5,8H2. The second-order valence-corrected chi connectivity index (χ2v) is 5.86. The van der Waals surface area contributed by atoms with E-state index in [2.05, 4.69) is 36.2 Å². The van der Waals surface area contributed by atoms with Crippen LogP contribution in [0, 0.1) is 0 Å². The van der Waals surface area contributed by atoms with Crippen LogP contribution in [0.2, 0.25) is 0 Å². The van der Waals surface area contributed by atoms with E-state index in [0.29, 0.717) is 6.54 Å². The van der Waals surface area contributed by atoms with Gasteiger partial charge in [-0.2, -0.15) is 0 Å². The fourth-order valence-corrected chi connectivity index (χ4v) is 2.97. The Morgan fingerprint density at radius 3 is 3.00 bits per heavy atom. The van der Waals surface area contributed by atoms with Crippen molar-refractivity contribution in [2.24, 2.45) is 0 Å². The molecule has 3 aromatic rings. The van der Waals surface area contributed by atoms with E-state index < -0.39 is 0 Å². The van der Waals surface area contributed by atoms with Gasteiger partial charge in [0.2, 0.25) is 0 Å². The van der Waals surface area contributed by atoms with Crippen LogP contribution in [0.15, 0.2) is 36.0 Å². The van der Waals surface area contributed by atoms with Gasteiger partial charge in [0.15, 0.2) is 0 Å². The molecule has 102 valence electrons. The van der Waals surface area contributed by atoms with Gasteiger partial charge in [0.25, 0.3) is 0 Å². The van der Waals surface area contributed by atoms with Gasteiger partial charge in [-0.25, -0.2) is 9.67 Å². The van der Waals surface area contributed by atoms with Crippen molar-refractivity contribution in [1.82, 2.24) is 25.0 Å². The van der Waals surface area contributed by atoms with Gasteiger partial charge in [-0.1, -0.05) is 27.2 Å². The van der Waals surface area contributed by atoms with E-state index in [9.17, 15) is 0 Å². The van der Waals surface area contributed by atoms with Crippen LogP contribution in [0.3, 0.4) is 0 Å². The van der Waals surface area contributed by atoms with Crippen LogP contribution in [0.5, 0.6) is 0 Å². The van der Waals surface area contributed by atoms with Crippen LogP contribution < -0.4 is 0 Å². The predicted octanol–water partition coefficient (Wildman–Crippen LogP) is 2.78. The van der Waals surface area contributed by atoms with Crippen molar-refractivity contribution >= 4 is 27.3 Å². The maximum Gasteiger partial charge on any atom is 0.142 e. The molecule has 3 heterocycles. The molecule has 0 unspecified atom stereocenters. The second-order valence-electron chi connectivity index (χ2n) is 4.21. The fourth-order valence-electron chi connectivity index (χ4n) is 1.78. The molecule has 5 nitrogen and oxygen atoms in total. The average molecular weight is 350 g/mol. The van der Waals surface area contributed by atoms with Gasteiger partial charge in [-0.15, -0.1) is 16.4 Å². The summed E-state index contributed by atoms with van der Waals surface area (Å²) in [6.07, 6.45) is 4.62. The number of aryl methyl sites for hydroxylation is 1. The number of aromatic nitrogens is 5. The van der Waals surface area contributed by atoms with E-state index in [0.717, 1.165) is 33.8 Å². The number of pyridine rings is 1. The third-order valence-corrected chi connectivity index (χ3v) is 4.01. The Morgan fingerprint density at radius 1 is 1.25 bits per heavy atom. The van der Waals surface area contributed by atoms with Crippen molar-refractivity contribution in [3.63, 3.8) is 0 Å². The number of hydrogen-bond acceptors (Lipinski definition) is 5. The Bertz CT molecular complexity index is 679. The molecule has 0 aliphatic carbocycles. The Morgan fingerprint density at radius 2 is 2.20 bits per heavy atom. The third-order valence-electron chi connectivity index (χ3n) is 2.70. The Balaban J connectivity index is 1.73. The Kier molecular flexibility index (Phi) is 4.17. The molecule has 3 aromatic heterocycles. The van der Waals surface area contributed by atoms with E-state index in [-0.39, 0.29) is 0 Å². The van der Waals surface area contributed by atoms with Crippen LogP contribution >= 0.6 is 27.3 Å². The maximum atomic E-state index is 4.59. The summed E-state index contributed by atoms with van der Waals surface area (Å²) in [4.78, 5) is 8.89. The molecule has 0 aliphatic rings. The topological polar surface area (TPSA) is 56.5 Å². The summed E-state index contributed by atoms with van der Waals surface area (Å²) < 4.78 is 1.81. The zero-order valence-corrected chi connectivity index (χ0v) is 13.0. The molecule has 0 aromatic carbocycles. The van der Waals surface area contributed by atoms with E-state index in [1.165, 1.54) is 0 Å². The summed E-state index contributed by atoms with van der Waals surface area (Å²) in [5.74, 6) is 0. The lowest BCUT2D eigenvalue weighted by atomic mass is 10.3. The highest BCUT2D eigenvalue weighted by atomic mass is 79.9. The fraction of sp³-hybridized carbons (Fsp3) is 0.231. The highest BCUT2D eigenvalue weighted by molar-refractivity contribution is 9.09. The minimum Gasteiger partial charge on any atom is -0.254 e. The lowest BCUT2D eigenvalue weighted by Crippen LogP contribution is -2.00. The molecule has 0 amide bonds. The molecule has 0 aliphatic heterocycles. The summed E-state index contributed by atoms with van der Waals surface area (Å²) in [5.41, 5.74) is 2.87. The van der Waals surface area contributed by atoms with Gasteiger partial charge in [0.1, 0.15) is 5.01 Å². The lowest BCUT2D eigenvalue weighted by Gasteiger charge is -1.96. The normalized spacial score (nSPS) is 10.8. The molecule has 0 bridgehead atoms. The van der Waals surface area contributed by atoms with Crippen molar-refractivity contribution in [2.75, 3.05) is 5.33 Å². The second kappa shape index (κ2) is 6.23. The van der Waals surface area contributed by atoms with Gasteiger partial charge < -0.3 is 0 Å². The minimum absolute atomic E-state index is 0.638. The van der Waals surface area contributed by atoms with Crippen molar-refractivity contribution in [2.45, 2.75) is 13.0 Å².